The number of carbonyl (C=O) groups is 1. The summed E-state index contributed by atoms with van der Waals surface area (Å²) in [4.78, 5) is 19.5. The van der Waals surface area contributed by atoms with Gasteiger partial charge in [0.1, 0.15) is 5.75 Å². The minimum Gasteiger partial charge on any atom is -0.497 e. The first-order valence-electron chi connectivity index (χ1n) is 10.5. The van der Waals surface area contributed by atoms with Crippen LogP contribution in [0, 0.1) is 5.92 Å². The van der Waals surface area contributed by atoms with Crippen molar-refractivity contribution < 1.29 is 18.8 Å². The molecule has 7 nitrogen and oxygen atoms in total. The normalized spacial score (nSPS) is 20.4. The number of hydrogen-bond donors (Lipinski definition) is 0. The summed E-state index contributed by atoms with van der Waals surface area (Å²) in [5, 5.41) is 4.06. The summed E-state index contributed by atoms with van der Waals surface area (Å²) < 4.78 is 16.3. The molecule has 1 saturated heterocycles. The van der Waals surface area contributed by atoms with Crippen molar-refractivity contribution in [3.05, 3.63) is 41.5 Å². The third-order valence-corrected chi connectivity index (χ3v) is 6.32. The summed E-state index contributed by atoms with van der Waals surface area (Å²) in [6.07, 6.45) is 5.08. The molecule has 0 unspecified atom stereocenters. The van der Waals surface area contributed by atoms with E-state index in [0.717, 1.165) is 36.7 Å². The average molecular weight is 397 g/mol. The van der Waals surface area contributed by atoms with Crippen molar-refractivity contribution in [2.45, 2.75) is 43.4 Å². The number of aromatic nitrogens is 2. The number of nitrogens with zero attached hydrogens (tertiary/aromatic N) is 3. The van der Waals surface area contributed by atoms with E-state index in [-0.39, 0.29) is 17.2 Å². The second kappa shape index (κ2) is 7.44. The highest BCUT2D eigenvalue weighted by molar-refractivity contribution is 5.92. The van der Waals surface area contributed by atoms with Gasteiger partial charge in [0.15, 0.2) is 5.82 Å². The van der Waals surface area contributed by atoms with Crippen molar-refractivity contribution >= 4 is 5.91 Å². The maximum atomic E-state index is 13.1. The third kappa shape index (κ3) is 3.75. The Bertz CT molecular complexity index is 864. The van der Waals surface area contributed by atoms with E-state index in [9.17, 15) is 4.79 Å². The molecule has 0 radical (unpaired) electrons. The van der Waals surface area contributed by atoms with E-state index in [1.54, 1.807) is 7.11 Å². The molecule has 154 valence electrons. The van der Waals surface area contributed by atoms with Crippen LogP contribution >= 0.6 is 0 Å². The van der Waals surface area contributed by atoms with Crippen molar-refractivity contribution in [1.29, 1.82) is 0 Å². The monoisotopic (exact) mass is 397 g/mol. The lowest BCUT2D eigenvalue weighted by Gasteiger charge is -2.39. The molecule has 2 saturated carbocycles. The van der Waals surface area contributed by atoms with Gasteiger partial charge in [-0.15, -0.1) is 0 Å². The van der Waals surface area contributed by atoms with Gasteiger partial charge in [-0.2, -0.15) is 4.98 Å². The van der Waals surface area contributed by atoms with Gasteiger partial charge in [-0.3, -0.25) is 4.79 Å². The Balaban J connectivity index is 1.13. The SMILES string of the molecule is COc1ccc(C2(C(=O)N3CC(c4nc(CCOCC5CC5)no4)C3)CC2)cc1. The molecule has 1 aromatic heterocycles. The number of benzene rings is 1. The second-order valence-electron chi connectivity index (χ2n) is 8.53. The van der Waals surface area contributed by atoms with Gasteiger partial charge < -0.3 is 18.9 Å². The second-order valence-corrected chi connectivity index (χ2v) is 8.53. The summed E-state index contributed by atoms with van der Waals surface area (Å²) in [6, 6.07) is 7.87. The highest BCUT2D eigenvalue weighted by Crippen LogP contribution is 2.51. The van der Waals surface area contributed by atoms with E-state index >= 15 is 0 Å². The average Bonchev–Trinajstić information content (AvgIpc) is 3.63. The van der Waals surface area contributed by atoms with Crippen LogP contribution in [0.15, 0.2) is 28.8 Å². The van der Waals surface area contributed by atoms with Crippen LogP contribution < -0.4 is 4.74 Å². The molecule has 1 aromatic carbocycles. The maximum Gasteiger partial charge on any atom is 0.233 e. The van der Waals surface area contributed by atoms with Gasteiger partial charge in [-0.05, 0) is 49.3 Å². The van der Waals surface area contributed by atoms with Gasteiger partial charge in [0, 0.05) is 26.1 Å². The molecule has 29 heavy (non-hydrogen) atoms. The Morgan fingerprint density at radius 1 is 1.24 bits per heavy atom. The van der Waals surface area contributed by atoms with Crippen molar-refractivity contribution in [1.82, 2.24) is 15.0 Å². The highest BCUT2D eigenvalue weighted by atomic mass is 16.5. The number of amides is 1. The summed E-state index contributed by atoms with van der Waals surface area (Å²) in [5.74, 6) is 3.26. The van der Waals surface area contributed by atoms with Crippen LogP contribution in [0.5, 0.6) is 5.75 Å². The Hall–Kier alpha value is -2.41. The van der Waals surface area contributed by atoms with E-state index in [2.05, 4.69) is 10.1 Å². The topological polar surface area (TPSA) is 77.7 Å². The Morgan fingerprint density at radius 2 is 2.00 bits per heavy atom. The molecular weight excluding hydrogens is 370 g/mol. The van der Waals surface area contributed by atoms with Crippen molar-refractivity contribution in [3.8, 4) is 5.75 Å². The largest absolute Gasteiger partial charge is 0.497 e. The smallest absolute Gasteiger partial charge is 0.233 e. The van der Waals surface area contributed by atoms with Crippen LogP contribution in [0.25, 0.3) is 0 Å². The fourth-order valence-electron chi connectivity index (χ4n) is 4.00. The lowest BCUT2D eigenvalue weighted by molar-refractivity contribution is -0.138. The number of hydrogen-bond acceptors (Lipinski definition) is 6. The first-order chi connectivity index (χ1) is 14.2. The predicted octanol–water partition coefficient (Wildman–Crippen LogP) is 2.70. The van der Waals surface area contributed by atoms with Crippen molar-refractivity contribution in [3.63, 3.8) is 0 Å². The number of methoxy groups -OCH3 is 1. The molecule has 3 fully saturated rings. The zero-order valence-electron chi connectivity index (χ0n) is 16.8. The number of rotatable bonds is 9. The molecule has 3 aliphatic rings. The van der Waals surface area contributed by atoms with Gasteiger partial charge in [-0.1, -0.05) is 17.3 Å². The molecule has 2 aliphatic carbocycles. The molecule has 0 N–H and O–H groups in total. The molecule has 1 aliphatic heterocycles. The Kier molecular flexibility index (Phi) is 4.78. The number of ether oxygens (including phenoxy) is 2. The van der Waals surface area contributed by atoms with Gasteiger partial charge >= 0.3 is 0 Å². The van der Waals surface area contributed by atoms with Crippen LogP contribution in [0.4, 0.5) is 0 Å². The van der Waals surface area contributed by atoms with E-state index in [1.165, 1.54) is 12.8 Å². The quantitative estimate of drug-likeness (QED) is 0.606. The third-order valence-electron chi connectivity index (χ3n) is 6.32. The zero-order valence-corrected chi connectivity index (χ0v) is 16.8. The summed E-state index contributed by atoms with van der Waals surface area (Å²) >= 11 is 0. The van der Waals surface area contributed by atoms with Crippen LogP contribution in [0.3, 0.4) is 0 Å². The molecule has 0 atom stereocenters. The lowest BCUT2D eigenvalue weighted by Crippen LogP contribution is -2.52. The number of carbonyl (C=O) groups excluding carboxylic acids is 1. The lowest BCUT2D eigenvalue weighted by atomic mass is 9.90. The van der Waals surface area contributed by atoms with Crippen molar-refractivity contribution in [2.75, 3.05) is 33.4 Å². The molecule has 0 spiro atoms. The first-order valence-corrected chi connectivity index (χ1v) is 10.5. The van der Waals surface area contributed by atoms with E-state index < -0.39 is 0 Å². The van der Waals surface area contributed by atoms with Gasteiger partial charge in [0.2, 0.25) is 11.8 Å². The van der Waals surface area contributed by atoms with E-state index in [4.69, 9.17) is 14.0 Å². The Morgan fingerprint density at radius 3 is 2.66 bits per heavy atom. The van der Waals surface area contributed by atoms with Gasteiger partial charge in [0.25, 0.3) is 0 Å². The summed E-state index contributed by atoms with van der Waals surface area (Å²) in [6.45, 7) is 2.78. The zero-order chi connectivity index (χ0) is 19.8. The maximum absolute atomic E-state index is 13.1. The molecule has 5 rings (SSSR count). The minimum atomic E-state index is -0.351. The number of likely N-dealkylation sites (tertiary alicyclic amines) is 1. The molecule has 7 heteroatoms. The standard InChI is InChI=1S/C22H27N3O4/c1-27-18-6-4-17(5-7-18)22(9-10-22)21(26)25-12-16(13-25)20-23-19(24-29-20)8-11-28-14-15-2-3-15/h4-7,15-16H,2-3,8-14H2,1H3. The van der Waals surface area contributed by atoms with E-state index in [0.29, 0.717) is 37.8 Å². The first kappa shape index (κ1) is 18.6. The van der Waals surface area contributed by atoms with Crippen LogP contribution in [-0.4, -0.2) is 54.4 Å². The minimum absolute atomic E-state index is 0.138. The van der Waals surface area contributed by atoms with Gasteiger partial charge in [-0.25, -0.2) is 0 Å². The van der Waals surface area contributed by atoms with Crippen molar-refractivity contribution in [2.24, 2.45) is 5.92 Å². The fraction of sp³-hybridized carbons (Fsp3) is 0.591. The molecule has 2 heterocycles. The van der Waals surface area contributed by atoms with Crippen LogP contribution in [-0.2, 0) is 21.4 Å². The summed E-state index contributed by atoms with van der Waals surface area (Å²) in [7, 11) is 1.65. The van der Waals surface area contributed by atoms with Gasteiger partial charge in [0.05, 0.1) is 25.0 Å². The summed E-state index contributed by atoms with van der Waals surface area (Å²) in [5.41, 5.74) is 0.730. The van der Waals surface area contributed by atoms with Crippen LogP contribution in [0.1, 0.15) is 48.9 Å². The predicted molar refractivity (Wildman–Crippen MR) is 105 cm³/mol. The van der Waals surface area contributed by atoms with E-state index in [1.807, 2.05) is 29.2 Å². The molecular formula is C22H27N3O4. The van der Waals surface area contributed by atoms with Crippen LogP contribution in [0.2, 0.25) is 0 Å². The fourth-order valence-corrected chi connectivity index (χ4v) is 4.00. The highest BCUT2D eigenvalue weighted by Gasteiger charge is 2.55. The Labute approximate surface area is 170 Å². The molecule has 1 amide bonds. The molecule has 0 bridgehead atoms. The molecule has 2 aromatic rings.